The molecule has 0 amide bonds. The average molecular weight is 311 g/mol. The number of aromatic nitrogens is 1. The molecular weight excluding hydrogens is 298 g/mol. The maximum atomic E-state index is 10.8. The molecule has 5 heteroatoms. The van der Waals surface area contributed by atoms with Crippen molar-refractivity contribution >= 4 is 29.5 Å². The van der Waals surface area contributed by atoms with Crippen molar-refractivity contribution in [3.05, 3.63) is 63.7 Å². The van der Waals surface area contributed by atoms with Gasteiger partial charge in [-0.1, -0.05) is 35.9 Å². The zero-order valence-corrected chi connectivity index (χ0v) is 12.6. The second-order valence-corrected chi connectivity index (χ2v) is 5.71. The van der Waals surface area contributed by atoms with Crippen LogP contribution in [0.5, 0.6) is 0 Å². The van der Waals surface area contributed by atoms with E-state index in [1.807, 2.05) is 29.7 Å². The molecule has 22 heavy (non-hydrogen) atoms. The molecule has 0 spiro atoms. The van der Waals surface area contributed by atoms with Gasteiger partial charge in [-0.2, -0.15) is 0 Å². The van der Waals surface area contributed by atoms with Gasteiger partial charge in [0.05, 0.1) is 5.56 Å². The number of nitrogens with zero attached hydrogens (tertiary/aromatic N) is 1. The van der Waals surface area contributed by atoms with E-state index in [0.717, 1.165) is 10.6 Å². The Kier molecular flexibility index (Phi) is 3.89. The Morgan fingerprint density at radius 2 is 2.18 bits per heavy atom. The van der Waals surface area contributed by atoms with Gasteiger partial charge in [-0.05, 0) is 18.6 Å². The van der Waals surface area contributed by atoms with Gasteiger partial charge in [0.25, 0.3) is 0 Å². The Morgan fingerprint density at radius 3 is 2.91 bits per heavy atom. The van der Waals surface area contributed by atoms with E-state index in [1.165, 1.54) is 29.2 Å². The standard InChI is InChI=1S/C17H13NO3S/c1-11-3-2-4-12(7-11)5-6-16-18-14(10-22-16)15-8-13(9-21-15)17(19)20/h2-10H,1H3,(H,19,20). The second kappa shape index (κ2) is 5.99. The number of hydrogen-bond donors (Lipinski definition) is 1. The third-order valence-corrected chi connectivity index (χ3v) is 3.89. The first kappa shape index (κ1) is 14.3. The zero-order valence-electron chi connectivity index (χ0n) is 11.8. The number of carboxylic acid groups (broad SMARTS) is 1. The summed E-state index contributed by atoms with van der Waals surface area (Å²) in [6.45, 7) is 2.05. The Hall–Kier alpha value is -2.66. The van der Waals surface area contributed by atoms with Crippen molar-refractivity contribution in [2.45, 2.75) is 6.92 Å². The first-order valence-corrected chi connectivity index (χ1v) is 7.52. The van der Waals surface area contributed by atoms with Gasteiger partial charge in [0.1, 0.15) is 17.0 Å². The molecule has 0 fully saturated rings. The fourth-order valence-electron chi connectivity index (χ4n) is 2.00. The van der Waals surface area contributed by atoms with Crippen LogP contribution in [-0.2, 0) is 0 Å². The van der Waals surface area contributed by atoms with Gasteiger partial charge in [0, 0.05) is 11.4 Å². The molecule has 1 N–H and O–H groups in total. The van der Waals surface area contributed by atoms with Crippen LogP contribution < -0.4 is 0 Å². The number of aromatic carboxylic acids is 1. The van der Waals surface area contributed by atoms with E-state index in [0.29, 0.717) is 11.5 Å². The lowest BCUT2D eigenvalue weighted by atomic mass is 10.1. The summed E-state index contributed by atoms with van der Waals surface area (Å²) in [5.41, 5.74) is 3.09. The molecule has 0 aliphatic carbocycles. The number of aryl methyl sites for hydroxylation is 1. The summed E-state index contributed by atoms with van der Waals surface area (Å²) in [4.78, 5) is 15.3. The van der Waals surface area contributed by atoms with Gasteiger partial charge in [-0.3, -0.25) is 0 Å². The van der Waals surface area contributed by atoms with Crippen LogP contribution in [0, 0.1) is 6.92 Å². The van der Waals surface area contributed by atoms with Crippen molar-refractivity contribution in [2.24, 2.45) is 0 Å². The number of hydrogen-bond acceptors (Lipinski definition) is 4. The maximum Gasteiger partial charge on any atom is 0.338 e. The Balaban J connectivity index is 1.80. The molecule has 0 saturated heterocycles. The van der Waals surface area contributed by atoms with E-state index in [-0.39, 0.29) is 5.56 Å². The number of carbonyl (C=O) groups is 1. The highest BCUT2D eigenvalue weighted by Gasteiger charge is 2.11. The summed E-state index contributed by atoms with van der Waals surface area (Å²) < 4.78 is 5.24. The van der Waals surface area contributed by atoms with Crippen molar-refractivity contribution in [3.8, 4) is 11.5 Å². The maximum absolute atomic E-state index is 10.8. The van der Waals surface area contributed by atoms with E-state index < -0.39 is 5.97 Å². The van der Waals surface area contributed by atoms with Crippen LogP contribution in [0.3, 0.4) is 0 Å². The van der Waals surface area contributed by atoms with Crippen LogP contribution in [0.2, 0.25) is 0 Å². The molecule has 1 aromatic carbocycles. The van der Waals surface area contributed by atoms with Gasteiger partial charge in [-0.15, -0.1) is 11.3 Å². The minimum Gasteiger partial charge on any atom is -0.478 e. The highest BCUT2D eigenvalue weighted by molar-refractivity contribution is 7.10. The summed E-state index contributed by atoms with van der Waals surface area (Å²) in [6, 6.07) is 9.67. The fourth-order valence-corrected chi connectivity index (χ4v) is 2.70. The van der Waals surface area contributed by atoms with Crippen LogP contribution in [0.25, 0.3) is 23.6 Å². The molecule has 0 saturated carbocycles. The van der Waals surface area contributed by atoms with Gasteiger partial charge in [-0.25, -0.2) is 9.78 Å². The summed E-state index contributed by atoms with van der Waals surface area (Å²) in [5, 5.41) is 11.6. The lowest BCUT2D eigenvalue weighted by Gasteiger charge is -1.94. The van der Waals surface area contributed by atoms with Crippen molar-refractivity contribution in [3.63, 3.8) is 0 Å². The third-order valence-electron chi connectivity index (χ3n) is 3.08. The molecule has 2 aromatic heterocycles. The van der Waals surface area contributed by atoms with Crippen LogP contribution >= 0.6 is 11.3 Å². The van der Waals surface area contributed by atoms with E-state index in [9.17, 15) is 4.79 Å². The largest absolute Gasteiger partial charge is 0.478 e. The quantitative estimate of drug-likeness (QED) is 0.766. The monoisotopic (exact) mass is 311 g/mol. The number of rotatable bonds is 4. The fraction of sp³-hybridized carbons (Fsp3) is 0.0588. The van der Waals surface area contributed by atoms with Crippen LogP contribution in [0.15, 0.2) is 46.4 Å². The smallest absolute Gasteiger partial charge is 0.338 e. The van der Waals surface area contributed by atoms with Gasteiger partial charge >= 0.3 is 5.97 Å². The minimum atomic E-state index is -1.01. The number of benzene rings is 1. The molecule has 0 radical (unpaired) electrons. The van der Waals surface area contributed by atoms with Gasteiger partial charge in [0.15, 0.2) is 5.76 Å². The van der Waals surface area contributed by atoms with Crippen molar-refractivity contribution in [1.29, 1.82) is 0 Å². The summed E-state index contributed by atoms with van der Waals surface area (Å²) in [6.07, 6.45) is 5.16. The van der Waals surface area contributed by atoms with Crippen molar-refractivity contribution in [1.82, 2.24) is 4.98 Å². The molecule has 0 atom stereocenters. The summed E-state index contributed by atoms with van der Waals surface area (Å²) >= 11 is 1.48. The van der Waals surface area contributed by atoms with E-state index in [1.54, 1.807) is 0 Å². The first-order chi connectivity index (χ1) is 10.6. The topological polar surface area (TPSA) is 63.3 Å². The predicted molar refractivity (Wildman–Crippen MR) is 86.9 cm³/mol. The Morgan fingerprint density at radius 1 is 1.32 bits per heavy atom. The highest BCUT2D eigenvalue weighted by Crippen LogP contribution is 2.25. The van der Waals surface area contributed by atoms with Gasteiger partial charge in [0.2, 0.25) is 0 Å². The molecule has 0 unspecified atom stereocenters. The molecular formula is C17H13NO3S. The Bertz CT molecular complexity index is 845. The van der Waals surface area contributed by atoms with E-state index in [2.05, 4.69) is 24.0 Å². The summed E-state index contributed by atoms with van der Waals surface area (Å²) in [5.74, 6) is -0.548. The predicted octanol–water partition coefficient (Wildman–Crippen LogP) is 4.58. The van der Waals surface area contributed by atoms with Crippen LogP contribution in [-0.4, -0.2) is 16.1 Å². The number of furan rings is 1. The van der Waals surface area contributed by atoms with Gasteiger partial charge < -0.3 is 9.52 Å². The average Bonchev–Trinajstić information content (AvgIpc) is 3.14. The molecule has 4 nitrogen and oxygen atoms in total. The normalized spacial score (nSPS) is 11.1. The first-order valence-electron chi connectivity index (χ1n) is 6.64. The zero-order chi connectivity index (χ0) is 15.5. The molecule has 110 valence electrons. The molecule has 3 aromatic rings. The van der Waals surface area contributed by atoms with E-state index in [4.69, 9.17) is 9.52 Å². The SMILES string of the molecule is Cc1cccc(C=Cc2nc(-c3cc(C(=O)O)co3)cs2)c1. The lowest BCUT2D eigenvalue weighted by molar-refractivity contribution is 0.0696. The second-order valence-electron chi connectivity index (χ2n) is 4.82. The molecule has 2 heterocycles. The number of thiazole rings is 1. The highest BCUT2D eigenvalue weighted by atomic mass is 32.1. The Labute approximate surface area is 131 Å². The molecule has 3 rings (SSSR count). The van der Waals surface area contributed by atoms with Crippen molar-refractivity contribution in [2.75, 3.05) is 0 Å². The number of carboxylic acids is 1. The lowest BCUT2D eigenvalue weighted by Crippen LogP contribution is -1.91. The van der Waals surface area contributed by atoms with Crippen LogP contribution in [0.1, 0.15) is 26.5 Å². The van der Waals surface area contributed by atoms with Crippen LogP contribution in [0.4, 0.5) is 0 Å². The molecule has 0 aliphatic rings. The molecule has 0 bridgehead atoms. The molecule has 0 aliphatic heterocycles. The third kappa shape index (κ3) is 3.15. The summed E-state index contributed by atoms with van der Waals surface area (Å²) in [7, 11) is 0. The minimum absolute atomic E-state index is 0.125. The van der Waals surface area contributed by atoms with Crippen molar-refractivity contribution < 1.29 is 14.3 Å². The van der Waals surface area contributed by atoms with E-state index >= 15 is 0 Å².